The highest BCUT2D eigenvalue weighted by Crippen LogP contribution is 2.34. The second-order valence-corrected chi connectivity index (χ2v) is 6.88. The fourth-order valence-corrected chi connectivity index (χ4v) is 3.11. The van der Waals surface area contributed by atoms with E-state index in [1.54, 1.807) is 24.3 Å². The van der Waals surface area contributed by atoms with Gasteiger partial charge in [0.1, 0.15) is 5.56 Å². The van der Waals surface area contributed by atoms with E-state index < -0.39 is 41.9 Å². The summed E-state index contributed by atoms with van der Waals surface area (Å²) in [5.41, 5.74) is -2.88. The zero-order valence-corrected chi connectivity index (χ0v) is 17.5. The third-order valence-corrected chi connectivity index (χ3v) is 4.55. The lowest BCUT2D eigenvalue weighted by molar-refractivity contribution is -0.144. The lowest BCUT2D eigenvalue weighted by atomic mass is 10.2. The van der Waals surface area contributed by atoms with E-state index in [9.17, 15) is 31.1 Å². The predicted octanol–water partition coefficient (Wildman–Crippen LogP) is 4.97. The summed E-state index contributed by atoms with van der Waals surface area (Å²) in [6, 6.07) is 15.5. The van der Waals surface area contributed by atoms with Crippen molar-refractivity contribution in [3.63, 3.8) is 0 Å². The van der Waals surface area contributed by atoms with E-state index in [-0.39, 0.29) is 11.3 Å². The molecule has 0 aliphatic carbocycles. The first-order chi connectivity index (χ1) is 16.4. The summed E-state index contributed by atoms with van der Waals surface area (Å²) in [6.45, 7) is -0.693. The van der Waals surface area contributed by atoms with Gasteiger partial charge in [0.05, 0.1) is 30.4 Å². The zero-order chi connectivity index (χ0) is 25.8. The number of carboxylic acids is 1. The summed E-state index contributed by atoms with van der Waals surface area (Å²) in [4.78, 5) is 10.8. The van der Waals surface area contributed by atoms with Crippen molar-refractivity contribution in [2.24, 2.45) is 0 Å². The van der Waals surface area contributed by atoms with E-state index >= 15 is 0 Å². The minimum atomic E-state index is -4.79. The Hall–Kier alpha value is -4.13. The summed E-state index contributed by atoms with van der Waals surface area (Å²) < 4.78 is 78.5. The fourth-order valence-electron chi connectivity index (χ4n) is 3.11. The number of nitrogens with zero attached hydrogens (tertiary/aromatic N) is 4. The number of carbonyl (C=O) groups is 1. The predicted molar refractivity (Wildman–Crippen MR) is 110 cm³/mol. The second-order valence-electron chi connectivity index (χ2n) is 6.88. The molecule has 2 N–H and O–H groups in total. The molecule has 13 heteroatoms. The van der Waals surface area contributed by atoms with Gasteiger partial charge in [0.2, 0.25) is 0 Å². The molecule has 0 bridgehead atoms. The molecule has 2 heterocycles. The molecule has 0 amide bonds. The molecule has 0 aliphatic heterocycles. The van der Waals surface area contributed by atoms with Gasteiger partial charge >= 0.3 is 18.3 Å². The Labute approximate surface area is 193 Å². The molecule has 0 saturated heterocycles. The smallest absolute Gasteiger partial charge is 0.434 e. The molecule has 0 radical (unpaired) electrons. The number of aliphatic hydroxyl groups excluding tert-OH is 1. The maximum absolute atomic E-state index is 12.9. The van der Waals surface area contributed by atoms with Crippen molar-refractivity contribution < 1.29 is 41.4 Å². The SMILES string of the molecule is O=C(O)c1cnn(-c2ccccc2)c1C(F)(F)F.OCc1cnn(-c2ccccc2)c1C(F)(F)F. The number of aliphatic hydroxyl groups is 1. The van der Waals surface area contributed by atoms with E-state index in [1.165, 1.54) is 36.4 Å². The van der Waals surface area contributed by atoms with Crippen molar-refractivity contribution >= 4 is 5.97 Å². The number of aromatic carboxylic acids is 1. The Morgan fingerprint density at radius 3 is 1.57 bits per heavy atom. The first kappa shape index (κ1) is 25.5. The zero-order valence-electron chi connectivity index (χ0n) is 17.5. The van der Waals surface area contributed by atoms with Gasteiger partial charge in [-0.25, -0.2) is 14.2 Å². The van der Waals surface area contributed by atoms with Crippen LogP contribution in [0.1, 0.15) is 27.3 Å². The fraction of sp³-hybridized carbons (Fsp3) is 0.136. The molecule has 2 aromatic carbocycles. The number of hydrogen-bond donors (Lipinski definition) is 2. The summed E-state index contributed by atoms with van der Waals surface area (Å²) in [5.74, 6) is -1.66. The number of benzene rings is 2. The van der Waals surface area contributed by atoms with Gasteiger partial charge in [-0.1, -0.05) is 36.4 Å². The van der Waals surface area contributed by atoms with Gasteiger partial charge in [-0.3, -0.25) is 0 Å². The highest BCUT2D eigenvalue weighted by atomic mass is 19.4. The highest BCUT2D eigenvalue weighted by Gasteiger charge is 2.40. The summed E-state index contributed by atoms with van der Waals surface area (Å²) in [5, 5.41) is 24.8. The van der Waals surface area contributed by atoms with Crippen molar-refractivity contribution in [3.8, 4) is 11.4 Å². The highest BCUT2D eigenvalue weighted by molar-refractivity contribution is 5.89. The van der Waals surface area contributed by atoms with Crippen molar-refractivity contribution in [2.45, 2.75) is 19.0 Å². The van der Waals surface area contributed by atoms with Gasteiger partial charge in [-0.05, 0) is 24.3 Å². The Bertz CT molecular complexity index is 1280. The number of alkyl halides is 6. The lowest BCUT2D eigenvalue weighted by Crippen LogP contribution is -2.17. The van der Waals surface area contributed by atoms with Crippen molar-refractivity contribution in [3.05, 3.63) is 95.6 Å². The van der Waals surface area contributed by atoms with Crippen LogP contribution in [-0.2, 0) is 19.0 Å². The molecule has 35 heavy (non-hydrogen) atoms. The van der Waals surface area contributed by atoms with Crippen LogP contribution >= 0.6 is 0 Å². The summed E-state index contributed by atoms with van der Waals surface area (Å²) >= 11 is 0. The molecule has 0 fully saturated rings. The molecule has 2 aromatic heterocycles. The lowest BCUT2D eigenvalue weighted by Gasteiger charge is -2.11. The maximum Gasteiger partial charge on any atom is 0.434 e. The molecule has 0 saturated carbocycles. The third-order valence-electron chi connectivity index (χ3n) is 4.55. The molecule has 7 nitrogen and oxygen atoms in total. The molecule has 184 valence electrons. The number of hydrogen-bond acceptors (Lipinski definition) is 4. The quantitative estimate of drug-likeness (QED) is 0.388. The van der Waals surface area contributed by atoms with E-state index in [0.29, 0.717) is 16.6 Å². The summed E-state index contributed by atoms with van der Waals surface area (Å²) in [6.07, 6.45) is -7.63. The minimum absolute atomic E-state index is 0.150. The normalized spacial score (nSPS) is 11.6. The largest absolute Gasteiger partial charge is 0.478 e. The van der Waals surface area contributed by atoms with Gasteiger partial charge in [-0.2, -0.15) is 36.5 Å². The number of carboxylic acid groups (broad SMARTS) is 1. The standard InChI is InChI=1S/C11H7F3N2O2.C11H9F3N2O/c12-11(13,14)9-8(10(17)18)6-15-16(9)7-4-2-1-3-5-7;12-11(13,14)10-8(7-17)6-15-16(10)9-4-2-1-3-5-9/h1-6H,(H,17,18);1-6,17H,7H2. The first-order valence-electron chi connectivity index (χ1n) is 9.69. The molecule has 0 unspecified atom stereocenters. The van der Waals surface area contributed by atoms with Crippen molar-refractivity contribution in [1.82, 2.24) is 19.6 Å². The van der Waals surface area contributed by atoms with E-state index in [2.05, 4.69) is 10.2 Å². The number of para-hydroxylation sites is 2. The first-order valence-corrected chi connectivity index (χ1v) is 9.69. The number of aromatic nitrogens is 4. The van der Waals surface area contributed by atoms with E-state index in [1.807, 2.05) is 0 Å². The van der Waals surface area contributed by atoms with Crippen molar-refractivity contribution in [2.75, 3.05) is 0 Å². The molecular weight excluding hydrogens is 482 g/mol. The van der Waals surface area contributed by atoms with Crippen LogP contribution < -0.4 is 0 Å². The van der Waals surface area contributed by atoms with Crippen LogP contribution in [0.2, 0.25) is 0 Å². The van der Waals surface area contributed by atoms with E-state index in [4.69, 9.17) is 10.2 Å². The van der Waals surface area contributed by atoms with Gasteiger partial charge in [-0.15, -0.1) is 0 Å². The van der Waals surface area contributed by atoms with Gasteiger partial charge in [0.15, 0.2) is 11.4 Å². The Kier molecular flexibility index (Phi) is 7.29. The molecule has 0 aliphatic rings. The molecule has 4 aromatic rings. The molecule has 0 atom stereocenters. The Morgan fingerprint density at radius 2 is 1.17 bits per heavy atom. The van der Waals surface area contributed by atoms with Crippen LogP contribution in [-0.4, -0.2) is 35.7 Å². The minimum Gasteiger partial charge on any atom is -0.478 e. The van der Waals surface area contributed by atoms with Gasteiger partial charge in [0, 0.05) is 5.56 Å². The average Bonchev–Trinajstić information content (AvgIpc) is 3.45. The van der Waals surface area contributed by atoms with E-state index in [0.717, 1.165) is 10.9 Å². The number of halogens is 6. The van der Waals surface area contributed by atoms with Crippen LogP contribution in [0.15, 0.2) is 73.1 Å². The van der Waals surface area contributed by atoms with Crippen LogP contribution in [0.25, 0.3) is 11.4 Å². The average molecular weight is 498 g/mol. The van der Waals surface area contributed by atoms with Crippen LogP contribution in [0, 0.1) is 0 Å². The Balaban J connectivity index is 0.000000196. The molecule has 4 rings (SSSR count). The van der Waals surface area contributed by atoms with Gasteiger partial charge < -0.3 is 10.2 Å². The van der Waals surface area contributed by atoms with Gasteiger partial charge in [0.25, 0.3) is 0 Å². The Morgan fingerprint density at radius 1 is 0.743 bits per heavy atom. The molecular formula is C22H16F6N4O3. The monoisotopic (exact) mass is 498 g/mol. The maximum atomic E-state index is 12.9. The summed E-state index contributed by atoms with van der Waals surface area (Å²) in [7, 11) is 0. The van der Waals surface area contributed by atoms with Crippen LogP contribution in [0.5, 0.6) is 0 Å². The topological polar surface area (TPSA) is 93.2 Å². The van der Waals surface area contributed by atoms with Crippen LogP contribution in [0.4, 0.5) is 26.3 Å². The molecule has 0 spiro atoms. The third kappa shape index (κ3) is 5.69. The van der Waals surface area contributed by atoms with Crippen LogP contribution in [0.3, 0.4) is 0 Å². The second kappa shape index (κ2) is 10.0. The van der Waals surface area contributed by atoms with Crippen molar-refractivity contribution in [1.29, 1.82) is 0 Å². The number of rotatable bonds is 4.